The lowest BCUT2D eigenvalue weighted by Crippen LogP contribution is -2.14. The van der Waals surface area contributed by atoms with Crippen LogP contribution in [0.15, 0.2) is 36.7 Å². The van der Waals surface area contributed by atoms with Gasteiger partial charge in [-0.1, -0.05) is 23.7 Å². The molecule has 1 aromatic carbocycles. The summed E-state index contributed by atoms with van der Waals surface area (Å²) in [4.78, 5) is 19.6. The van der Waals surface area contributed by atoms with E-state index in [9.17, 15) is 4.79 Å². The third-order valence-corrected chi connectivity index (χ3v) is 2.38. The summed E-state index contributed by atoms with van der Waals surface area (Å²) in [6.07, 6.45) is 2.71. The molecule has 5 nitrogen and oxygen atoms in total. The molecule has 92 valence electrons. The summed E-state index contributed by atoms with van der Waals surface area (Å²) >= 11 is 5.67. The standard InChI is InChI=1S/C12H10ClN3O2/c1-18-10-5-3-2-4-8(10)16-12(17)9-6-14-7-11(13)15-9/h2-7H,1H3,(H,16,17). The molecule has 0 bridgehead atoms. The molecule has 0 fully saturated rings. The van der Waals surface area contributed by atoms with Gasteiger partial charge in [0.15, 0.2) is 0 Å². The smallest absolute Gasteiger partial charge is 0.276 e. The number of benzene rings is 1. The summed E-state index contributed by atoms with van der Waals surface area (Å²) < 4.78 is 5.13. The monoisotopic (exact) mass is 263 g/mol. The van der Waals surface area contributed by atoms with Crippen molar-refractivity contribution in [3.8, 4) is 5.75 Å². The Morgan fingerprint density at radius 1 is 1.33 bits per heavy atom. The summed E-state index contributed by atoms with van der Waals surface area (Å²) in [5, 5.41) is 2.85. The van der Waals surface area contributed by atoms with Gasteiger partial charge in [-0.15, -0.1) is 0 Å². The SMILES string of the molecule is COc1ccccc1NC(=O)c1cncc(Cl)n1. The lowest BCUT2D eigenvalue weighted by atomic mass is 10.3. The van der Waals surface area contributed by atoms with Crippen LogP contribution in [0.2, 0.25) is 5.15 Å². The first-order valence-corrected chi connectivity index (χ1v) is 5.50. The predicted octanol–water partition coefficient (Wildman–Crippen LogP) is 2.39. The topological polar surface area (TPSA) is 64.1 Å². The molecular weight excluding hydrogens is 254 g/mol. The second kappa shape index (κ2) is 5.46. The number of methoxy groups -OCH3 is 1. The number of carbonyl (C=O) groups excluding carboxylic acids is 1. The highest BCUT2D eigenvalue weighted by molar-refractivity contribution is 6.29. The molecule has 1 N–H and O–H groups in total. The normalized spacial score (nSPS) is 9.89. The number of rotatable bonds is 3. The maximum atomic E-state index is 11.9. The van der Waals surface area contributed by atoms with Crippen LogP contribution in [0.1, 0.15) is 10.5 Å². The summed E-state index contributed by atoms with van der Waals surface area (Å²) in [6.45, 7) is 0. The fourth-order valence-electron chi connectivity index (χ4n) is 1.39. The molecule has 2 rings (SSSR count). The van der Waals surface area contributed by atoms with Crippen molar-refractivity contribution >= 4 is 23.2 Å². The van der Waals surface area contributed by atoms with Crippen molar-refractivity contribution in [1.82, 2.24) is 9.97 Å². The van der Waals surface area contributed by atoms with Crippen LogP contribution in [0, 0.1) is 0 Å². The number of anilines is 1. The molecule has 0 atom stereocenters. The lowest BCUT2D eigenvalue weighted by Gasteiger charge is -2.09. The molecule has 0 aliphatic carbocycles. The molecule has 0 saturated heterocycles. The number of para-hydroxylation sites is 2. The molecule has 0 aliphatic heterocycles. The van der Waals surface area contributed by atoms with Crippen LogP contribution in [0.4, 0.5) is 5.69 Å². The minimum absolute atomic E-state index is 0.147. The number of hydrogen-bond donors (Lipinski definition) is 1. The molecule has 1 aromatic heterocycles. The van der Waals surface area contributed by atoms with E-state index in [4.69, 9.17) is 16.3 Å². The molecule has 0 aliphatic rings. The Kier molecular flexibility index (Phi) is 3.74. The third-order valence-electron chi connectivity index (χ3n) is 2.19. The van der Waals surface area contributed by atoms with Crippen LogP contribution in [-0.4, -0.2) is 23.0 Å². The van der Waals surface area contributed by atoms with E-state index < -0.39 is 5.91 Å². The number of amides is 1. The molecular formula is C12H10ClN3O2. The van der Waals surface area contributed by atoms with Crippen LogP contribution < -0.4 is 10.1 Å². The highest BCUT2D eigenvalue weighted by Crippen LogP contribution is 2.23. The highest BCUT2D eigenvalue weighted by atomic mass is 35.5. The van der Waals surface area contributed by atoms with Crippen molar-refractivity contribution in [1.29, 1.82) is 0 Å². The van der Waals surface area contributed by atoms with E-state index in [1.807, 2.05) is 6.07 Å². The van der Waals surface area contributed by atoms with Crippen molar-refractivity contribution in [3.63, 3.8) is 0 Å². The van der Waals surface area contributed by atoms with Gasteiger partial charge in [-0.2, -0.15) is 0 Å². The summed E-state index contributed by atoms with van der Waals surface area (Å²) in [5.41, 5.74) is 0.709. The van der Waals surface area contributed by atoms with Gasteiger partial charge in [0, 0.05) is 0 Å². The number of halogens is 1. The Morgan fingerprint density at radius 2 is 2.11 bits per heavy atom. The summed E-state index contributed by atoms with van der Waals surface area (Å²) in [6, 6.07) is 7.09. The van der Waals surface area contributed by atoms with Gasteiger partial charge in [0.05, 0.1) is 25.2 Å². The highest BCUT2D eigenvalue weighted by Gasteiger charge is 2.11. The minimum Gasteiger partial charge on any atom is -0.495 e. The van der Waals surface area contributed by atoms with Crippen molar-refractivity contribution < 1.29 is 9.53 Å². The number of hydrogen-bond acceptors (Lipinski definition) is 4. The van der Waals surface area contributed by atoms with Gasteiger partial charge < -0.3 is 10.1 Å². The average molecular weight is 264 g/mol. The predicted molar refractivity (Wildman–Crippen MR) is 68.0 cm³/mol. The lowest BCUT2D eigenvalue weighted by molar-refractivity contribution is 0.102. The largest absolute Gasteiger partial charge is 0.495 e. The van der Waals surface area contributed by atoms with Gasteiger partial charge in [-0.25, -0.2) is 4.98 Å². The number of nitrogens with zero attached hydrogens (tertiary/aromatic N) is 2. The molecule has 0 radical (unpaired) electrons. The van der Waals surface area contributed by atoms with E-state index >= 15 is 0 Å². The Morgan fingerprint density at radius 3 is 2.83 bits per heavy atom. The van der Waals surface area contributed by atoms with E-state index in [0.717, 1.165) is 0 Å². The fraction of sp³-hybridized carbons (Fsp3) is 0.0833. The maximum absolute atomic E-state index is 11.9. The van der Waals surface area contributed by atoms with Crippen LogP contribution in [0.3, 0.4) is 0 Å². The maximum Gasteiger partial charge on any atom is 0.276 e. The van der Waals surface area contributed by atoms with Gasteiger partial charge in [0.25, 0.3) is 5.91 Å². The zero-order valence-corrected chi connectivity index (χ0v) is 10.3. The molecule has 0 unspecified atom stereocenters. The quantitative estimate of drug-likeness (QED) is 0.923. The van der Waals surface area contributed by atoms with Crippen molar-refractivity contribution in [3.05, 3.63) is 47.5 Å². The molecule has 1 amide bonds. The summed E-state index contributed by atoms with van der Waals surface area (Å²) in [5.74, 6) is 0.176. The first-order valence-electron chi connectivity index (χ1n) is 5.12. The van der Waals surface area contributed by atoms with E-state index in [2.05, 4.69) is 15.3 Å². The Hall–Kier alpha value is -2.14. The Labute approximate surface area is 109 Å². The van der Waals surface area contributed by atoms with Gasteiger partial charge in [-0.05, 0) is 12.1 Å². The van der Waals surface area contributed by atoms with Crippen LogP contribution in [-0.2, 0) is 0 Å². The number of nitrogens with one attached hydrogen (secondary N) is 1. The molecule has 18 heavy (non-hydrogen) atoms. The molecule has 0 saturated carbocycles. The Bertz CT molecular complexity index is 575. The molecule has 0 spiro atoms. The average Bonchev–Trinajstić information content (AvgIpc) is 2.39. The summed E-state index contributed by atoms with van der Waals surface area (Å²) in [7, 11) is 1.53. The molecule has 2 aromatic rings. The first kappa shape index (κ1) is 12.3. The van der Waals surface area contributed by atoms with Crippen LogP contribution >= 0.6 is 11.6 Å². The molecule has 1 heterocycles. The molecule has 6 heteroatoms. The van der Waals surface area contributed by atoms with Gasteiger partial charge >= 0.3 is 0 Å². The second-order valence-corrected chi connectivity index (χ2v) is 3.77. The van der Waals surface area contributed by atoms with E-state index in [1.165, 1.54) is 19.5 Å². The van der Waals surface area contributed by atoms with Gasteiger partial charge in [-0.3, -0.25) is 9.78 Å². The van der Waals surface area contributed by atoms with Crippen LogP contribution in [0.5, 0.6) is 5.75 Å². The van der Waals surface area contributed by atoms with Gasteiger partial charge in [0.1, 0.15) is 16.6 Å². The van der Waals surface area contributed by atoms with E-state index in [1.54, 1.807) is 18.2 Å². The first-order chi connectivity index (χ1) is 8.70. The van der Waals surface area contributed by atoms with Crippen LogP contribution in [0.25, 0.3) is 0 Å². The van der Waals surface area contributed by atoms with Crippen molar-refractivity contribution in [2.45, 2.75) is 0 Å². The third kappa shape index (κ3) is 2.75. The van der Waals surface area contributed by atoms with Crippen molar-refractivity contribution in [2.75, 3.05) is 12.4 Å². The number of ether oxygens (including phenoxy) is 1. The zero-order valence-electron chi connectivity index (χ0n) is 9.55. The number of aromatic nitrogens is 2. The van der Waals surface area contributed by atoms with Gasteiger partial charge in [0.2, 0.25) is 0 Å². The fourth-order valence-corrected chi connectivity index (χ4v) is 1.53. The van der Waals surface area contributed by atoms with E-state index in [-0.39, 0.29) is 10.8 Å². The second-order valence-electron chi connectivity index (χ2n) is 3.38. The van der Waals surface area contributed by atoms with Crippen molar-refractivity contribution in [2.24, 2.45) is 0 Å². The Balaban J connectivity index is 2.21. The minimum atomic E-state index is -0.394. The zero-order chi connectivity index (χ0) is 13.0. The van der Waals surface area contributed by atoms with E-state index in [0.29, 0.717) is 11.4 Å². The number of carbonyl (C=O) groups is 1.